The van der Waals surface area contributed by atoms with Crippen LogP contribution in [0.15, 0.2) is 42.7 Å². The van der Waals surface area contributed by atoms with E-state index in [1.807, 2.05) is 23.1 Å². The van der Waals surface area contributed by atoms with E-state index in [0.29, 0.717) is 6.04 Å². The zero-order valence-corrected chi connectivity index (χ0v) is 12.3. The summed E-state index contributed by atoms with van der Waals surface area (Å²) < 4.78 is 1.90. The molecule has 0 saturated carbocycles. The Morgan fingerprint density at radius 2 is 1.95 bits per heavy atom. The molecule has 4 rings (SSSR count). The van der Waals surface area contributed by atoms with Gasteiger partial charge in [0.2, 0.25) is 0 Å². The van der Waals surface area contributed by atoms with Crippen LogP contribution in [-0.4, -0.2) is 39.9 Å². The van der Waals surface area contributed by atoms with Gasteiger partial charge in [-0.15, -0.1) is 0 Å². The van der Waals surface area contributed by atoms with Gasteiger partial charge in [0.1, 0.15) is 0 Å². The topological polar surface area (TPSA) is 33.1 Å². The fourth-order valence-electron chi connectivity index (χ4n) is 3.59. The molecule has 2 unspecified atom stereocenters. The Morgan fingerprint density at radius 1 is 1.10 bits per heavy atom. The van der Waals surface area contributed by atoms with Crippen LogP contribution < -0.4 is 5.32 Å². The summed E-state index contributed by atoms with van der Waals surface area (Å²) in [7, 11) is 0. The van der Waals surface area contributed by atoms with Gasteiger partial charge in [-0.05, 0) is 43.0 Å². The van der Waals surface area contributed by atoms with Gasteiger partial charge in [0.05, 0.1) is 5.69 Å². The zero-order valence-electron chi connectivity index (χ0n) is 12.3. The maximum Gasteiger partial charge on any atom is 0.0645 e. The van der Waals surface area contributed by atoms with Crippen LogP contribution in [-0.2, 0) is 6.54 Å². The molecular formula is C17H22N4. The van der Waals surface area contributed by atoms with E-state index in [4.69, 9.17) is 0 Å². The first kappa shape index (κ1) is 13.0. The summed E-state index contributed by atoms with van der Waals surface area (Å²) in [6.45, 7) is 3.47. The molecule has 4 heteroatoms. The third kappa shape index (κ3) is 2.87. The first-order chi connectivity index (χ1) is 10.4. The minimum atomic E-state index is 0.709. The van der Waals surface area contributed by atoms with Gasteiger partial charge >= 0.3 is 0 Å². The molecule has 0 radical (unpaired) electrons. The molecule has 21 heavy (non-hydrogen) atoms. The Balaban J connectivity index is 1.42. The van der Waals surface area contributed by atoms with Gasteiger partial charge in [0, 0.05) is 44.1 Å². The number of likely N-dealkylation sites (tertiary alicyclic amines) is 1. The number of rotatable bonds is 3. The fraction of sp³-hybridized carbons (Fsp3) is 0.471. The largest absolute Gasteiger partial charge is 0.310 e. The van der Waals surface area contributed by atoms with Crippen LogP contribution in [0.3, 0.4) is 0 Å². The molecule has 1 aromatic carbocycles. The van der Waals surface area contributed by atoms with Crippen LogP contribution in [0, 0.1) is 0 Å². The summed E-state index contributed by atoms with van der Waals surface area (Å²) in [5.74, 6) is 0. The minimum absolute atomic E-state index is 0.709. The third-order valence-corrected chi connectivity index (χ3v) is 4.72. The van der Waals surface area contributed by atoms with Crippen LogP contribution in [0.2, 0.25) is 0 Å². The summed E-state index contributed by atoms with van der Waals surface area (Å²) >= 11 is 0. The minimum Gasteiger partial charge on any atom is -0.310 e. The van der Waals surface area contributed by atoms with E-state index >= 15 is 0 Å². The smallest absolute Gasteiger partial charge is 0.0645 e. The van der Waals surface area contributed by atoms with Crippen molar-refractivity contribution in [3.8, 4) is 5.69 Å². The number of hydrogen-bond donors (Lipinski definition) is 1. The molecule has 2 saturated heterocycles. The molecule has 110 valence electrons. The Morgan fingerprint density at radius 3 is 2.76 bits per heavy atom. The number of nitrogens with zero attached hydrogens (tertiary/aromatic N) is 3. The number of benzene rings is 1. The molecule has 0 aliphatic carbocycles. The van der Waals surface area contributed by atoms with Gasteiger partial charge in [0.15, 0.2) is 0 Å². The Bertz CT molecular complexity index is 575. The van der Waals surface area contributed by atoms with Crippen molar-refractivity contribution >= 4 is 0 Å². The van der Waals surface area contributed by atoms with Crippen molar-refractivity contribution in [2.75, 3.05) is 13.1 Å². The van der Waals surface area contributed by atoms with E-state index in [1.165, 1.54) is 37.9 Å². The monoisotopic (exact) mass is 282 g/mol. The molecule has 1 aromatic heterocycles. The summed E-state index contributed by atoms with van der Waals surface area (Å²) in [6, 6.07) is 12.2. The second-order valence-electron chi connectivity index (χ2n) is 6.28. The van der Waals surface area contributed by atoms with E-state index in [0.717, 1.165) is 18.3 Å². The van der Waals surface area contributed by atoms with Crippen LogP contribution in [0.4, 0.5) is 0 Å². The lowest BCUT2D eigenvalue weighted by atomic mass is 10.1. The third-order valence-electron chi connectivity index (χ3n) is 4.72. The summed E-state index contributed by atoms with van der Waals surface area (Å²) in [4.78, 5) is 2.60. The van der Waals surface area contributed by atoms with Crippen molar-refractivity contribution < 1.29 is 0 Å². The lowest BCUT2D eigenvalue weighted by Gasteiger charge is -2.24. The molecule has 2 bridgehead atoms. The molecule has 0 spiro atoms. The van der Waals surface area contributed by atoms with Gasteiger partial charge in [-0.2, -0.15) is 5.10 Å². The molecule has 2 aliphatic heterocycles. The van der Waals surface area contributed by atoms with Gasteiger partial charge in [-0.1, -0.05) is 12.1 Å². The van der Waals surface area contributed by atoms with Gasteiger partial charge in [-0.3, -0.25) is 4.90 Å². The Labute approximate surface area is 125 Å². The number of nitrogens with one attached hydrogen (secondary N) is 1. The molecule has 2 atom stereocenters. The molecule has 2 aromatic rings. The molecule has 0 amide bonds. The quantitative estimate of drug-likeness (QED) is 0.937. The van der Waals surface area contributed by atoms with E-state index in [2.05, 4.69) is 39.6 Å². The lowest BCUT2D eigenvalue weighted by molar-refractivity contribution is 0.251. The Hall–Kier alpha value is -1.65. The molecule has 3 heterocycles. The maximum atomic E-state index is 4.27. The zero-order chi connectivity index (χ0) is 14.1. The summed E-state index contributed by atoms with van der Waals surface area (Å²) in [5, 5.41) is 8.01. The fourth-order valence-corrected chi connectivity index (χ4v) is 3.59. The maximum absolute atomic E-state index is 4.27. The predicted octanol–water partition coefficient (Wildman–Crippen LogP) is 2.20. The van der Waals surface area contributed by atoms with Crippen LogP contribution >= 0.6 is 0 Å². The van der Waals surface area contributed by atoms with Gasteiger partial charge in [0.25, 0.3) is 0 Å². The number of fused-ring (bicyclic) bond motifs is 2. The lowest BCUT2D eigenvalue weighted by Crippen LogP contribution is -2.34. The predicted molar refractivity (Wildman–Crippen MR) is 83.4 cm³/mol. The molecule has 2 fully saturated rings. The second kappa shape index (κ2) is 5.62. The van der Waals surface area contributed by atoms with E-state index in [9.17, 15) is 0 Å². The molecule has 4 nitrogen and oxygen atoms in total. The molecule has 1 N–H and O–H groups in total. The van der Waals surface area contributed by atoms with E-state index < -0.39 is 0 Å². The highest BCUT2D eigenvalue weighted by Crippen LogP contribution is 2.21. The normalized spacial score (nSPS) is 25.9. The summed E-state index contributed by atoms with van der Waals surface area (Å²) in [5.41, 5.74) is 2.52. The average Bonchev–Trinajstić information content (AvgIpc) is 3.12. The Kier molecular flexibility index (Phi) is 3.49. The SMILES string of the molecule is c1cnn(-c2ccc(CN3CCC4CCC(C3)N4)cc2)c1. The highest BCUT2D eigenvalue weighted by Gasteiger charge is 2.28. The van der Waals surface area contributed by atoms with Crippen LogP contribution in [0.5, 0.6) is 0 Å². The number of aromatic nitrogens is 2. The standard InChI is InChI=1S/C17H22N4/c1-9-18-21(10-1)17-6-2-14(3-7-17)12-20-11-8-15-4-5-16(13-20)19-15/h1-3,6-7,9-10,15-16,19H,4-5,8,11-13H2. The molecule has 2 aliphatic rings. The van der Waals surface area contributed by atoms with Crippen molar-refractivity contribution in [3.63, 3.8) is 0 Å². The molecular weight excluding hydrogens is 260 g/mol. The van der Waals surface area contributed by atoms with Crippen molar-refractivity contribution in [3.05, 3.63) is 48.3 Å². The van der Waals surface area contributed by atoms with Crippen LogP contribution in [0.25, 0.3) is 5.69 Å². The summed E-state index contributed by atoms with van der Waals surface area (Å²) in [6.07, 6.45) is 7.80. The van der Waals surface area contributed by atoms with Gasteiger partial charge in [-0.25, -0.2) is 4.68 Å². The van der Waals surface area contributed by atoms with E-state index in [1.54, 1.807) is 0 Å². The van der Waals surface area contributed by atoms with Crippen molar-refractivity contribution in [1.82, 2.24) is 20.0 Å². The first-order valence-corrected chi connectivity index (χ1v) is 7.94. The second-order valence-corrected chi connectivity index (χ2v) is 6.28. The van der Waals surface area contributed by atoms with Gasteiger partial charge < -0.3 is 5.32 Å². The van der Waals surface area contributed by atoms with E-state index in [-0.39, 0.29) is 0 Å². The van der Waals surface area contributed by atoms with Crippen molar-refractivity contribution in [1.29, 1.82) is 0 Å². The highest BCUT2D eigenvalue weighted by molar-refractivity contribution is 5.33. The number of hydrogen-bond acceptors (Lipinski definition) is 3. The highest BCUT2D eigenvalue weighted by atomic mass is 15.3. The van der Waals surface area contributed by atoms with Crippen molar-refractivity contribution in [2.24, 2.45) is 0 Å². The van der Waals surface area contributed by atoms with Crippen LogP contribution in [0.1, 0.15) is 24.8 Å². The average molecular weight is 282 g/mol. The van der Waals surface area contributed by atoms with Crippen molar-refractivity contribution in [2.45, 2.75) is 37.9 Å². The first-order valence-electron chi connectivity index (χ1n) is 7.94.